The van der Waals surface area contributed by atoms with E-state index in [0.717, 1.165) is 0 Å². The van der Waals surface area contributed by atoms with Gasteiger partial charge in [-0.3, -0.25) is 9.11 Å². The molecule has 0 atom stereocenters. The Morgan fingerprint density at radius 2 is 0.762 bits per heavy atom. The van der Waals surface area contributed by atoms with E-state index >= 15 is 0 Å². The van der Waals surface area contributed by atoms with Crippen LogP contribution < -0.4 is 51.4 Å². The van der Waals surface area contributed by atoms with Crippen molar-refractivity contribution in [3.8, 4) is 0 Å². The number of hydrogen-bond donors (Lipinski definition) is 2. The Morgan fingerprint density at radius 3 is 0.857 bits per heavy atom. The third-order valence-corrected chi connectivity index (χ3v) is 3.58. The molecule has 0 aromatic carbocycles. The van der Waals surface area contributed by atoms with Gasteiger partial charge in [0, 0.05) is 0 Å². The topological polar surface area (TPSA) is 109 Å². The fourth-order valence-electron chi connectivity index (χ4n) is 0.690. The van der Waals surface area contributed by atoms with Crippen LogP contribution in [0, 0.1) is 0 Å². The summed E-state index contributed by atoms with van der Waals surface area (Å²) in [5.74, 6) is -15.2. The Bertz CT molecular complexity index is 548. The van der Waals surface area contributed by atoms with Gasteiger partial charge in [0.25, 0.3) is 0 Å². The molecule has 0 amide bonds. The molecule has 0 bridgehead atoms. The molecule has 2 N–H and O–H groups in total. The first kappa shape index (κ1) is 24.2. The molecule has 0 spiro atoms. The Hall–Kier alpha value is 0.896. The van der Waals surface area contributed by atoms with Crippen LogP contribution in [0.2, 0.25) is 0 Å². The zero-order valence-electron chi connectivity index (χ0n) is 10.4. The molecule has 0 heterocycles. The van der Waals surface area contributed by atoms with Gasteiger partial charge >= 0.3 is 94.0 Å². The fraction of sp³-hybridized carbons (Fsp3) is 1.00. The molecule has 124 valence electrons. The monoisotopic (exact) mass is 402 g/mol. The molecule has 21 heavy (non-hydrogen) atoms. The minimum absolute atomic E-state index is 0. The Kier molecular flexibility index (Phi) is 6.99. The van der Waals surface area contributed by atoms with Gasteiger partial charge in [0.15, 0.2) is 0 Å². The predicted molar refractivity (Wildman–Crippen MR) is 44.0 cm³/mol. The smallest absolute Gasteiger partial charge is 1.00 e. The third-order valence-electron chi connectivity index (χ3n) is 1.77. The standard InChI is InChI=1S/C4H2F8O6S2.K.H/c5-1(6,3(9,10)19(13,14)15)2(7,8)4(11,12)20(16,17)18;;/h(H,13,14,15)(H,16,17,18);;/q;+1;-1. The molecule has 0 saturated heterocycles. The summed E-state index contributed by atoms with van der Waals surface area (Å²) in [5.41, 5.74) is 0. The summed E-state index contributed by atoms with van der Waals surface area (Å²) in [6, 6.07) is 0. The average molecular weight is 402 g/mol. The molecular weight excluding hydrogens is 399 g/mol. The minimum atomic E-state index is -7.58. The molecule has 17 heteroatoms. The molecular formula is C4H3F8KO6S2. The normalized spacial score (nSPS) is 15.5. The van der Waals surface area contributed by atoms with E-state index in [-0.39, 0.29) is 52.8 Å². The van der Waals surface area contributed by atoms with E-state index < -0.39 is 42.6 Å². The summed E-state index contributed by atoms with van der Waals surface area (Å²) < 4.78 is 155. The first-order chi connectivity index (χ1) is 8.25. The third kappa shape index (κ3) is 3.54. The van der Waals surface area contributed by atoms with E-state index in [2.05, 4.69) is 0 Å². The van der Waals surface area contributed by atoms with Crippen molar-refractivity contribution in [2.45, 2.75) is 22.4 Å². The molecule has 0 aromatic rings. The SMILES string of the molecule is O=S(=O)(O)C(F)(F)C(F)(F)C(F)(F)C(F)(F)S(=O)(=O)O.[H-].[K+]. The van der Waals surface area contributed by atoms with Crippen molar-refractivity contribution < 1.29 is 114 Å². The summed E-state index contributed by atoms with van der Waals surface area (Å²) in [6.45, 7) is 0. The van der Waals surface area contributed by atoms with Gasteiger partial charge in [0.05, 0.1) is 0 Å². The van der Waals surface area contributed by atoms with E-state index in [4.69, 9.17) is 9.11 Å². The van der Waals surface area contributed by atoms with E-state index in [1.54, 1.807) is 0 Å². The van der Waals surface area contributed by atoms with Crippen LogP contribution in [-0.4, -0.2) is 48.3 Å². The minimum Gasteiger partial charge on any atom is -1.00 e. The van der Waals surface area contributed by atoms with Crippen molar-refractivity contribution in [3.05, 3.63) is 0 Å². The quantitative estimate of drug-likeness (QED) is 0.324. The molecule has 0 rings (SSSR count). The van der Waals surface area contributed by atoms with Gasteiger partial charge in [-0.25, -0.2) is 0 Å². The van der Waals surface area contributed by atoms with Crippen LogP contribution in [0.5, 0.6) is 0 Å². The fourth-order valence-corrected chi connectivity index (χ4v) is 1.59. The molecule has 0 aliphatic heterocycles. The summed E-state index contributed by atoms with van der Waals surface area (Å²) >= 11 is 0. The van der Waals surface area contributed by atoms with Crippen LogP contribution in [0.1, 0.15) is 1.43 Å². The Morgan fingerprint density at radius 1 is 0.619 bits per heavy atom. The summed E-state index contributed by atoms with van der Waals surface area (Å²) in [4.78, 5) is 0. The van der Waals surface area contributed by atoms with Crippen molar-refractivity contribution in [2.24, 2.45) is 0 Å². The molecule has 0 saturated carbocycles. The van der Waals surface area contributed by atoms with Crippen molar-refractivity contribution in [2.75, 3.05) is 0 Å². The van der Waals surface area contributed by atoms with Crippen LogP contribution >= 0.6 is 0 Å². The molecule has 6 nitrogen and oxygen atoms in total. The number of alkyl halides is 8. The van der Waals surface area contributed by atoms with Crippen LogP contribution in [0.15, 0.2) is 0 Å². The Labute approximate surface area is 155 Å². The zero-order chi connectivity index (χ0) is 17.0. The van der Waals surface area contributed by atoms with Gasteiger partial charge in [0.1, 0.15) is 0 Å². The summed E-state index contributed by atoms with van der Waals surface area (Å²) in [6.07, 6.45) is 0. The number of hydrogen-bond acceptors (Lipinski definition) is 4. The molecule has 0 unspecified atom stereocenters. The van der Waals surface area contributed by atoms with Gasteiger partial charge in [-0.1, -0.05) is 0 Å². The van der Waals surface area contributed by atoms with Gasteiger partial charge in [0.2, 0.25) is 0 Å². The van der Waals surface area contributed by atoms with E-state index in [1.165, 1.54) is 0 Å². The van der Waals surface area contributed by atoms with Gasteiger partial charge < -0.3 is 1.43 Å². The second kappa shape index (κ2) is 6.08. The number of halogens is 8. The molecule has 0 radical (unpaired) electrons. The molecule has 0 aromatic heterocycles. The van der Waals surface area contributed by atoms with Crippen LogP contribution in [0.25, 0.3) is 0 Å². The maximum atomic E-state index is 12.6. The summed E-state index contributed by atoms with van der Waals surface area (Å²) in [5, 5.41) is -14.3. The van der Waals surface area contributed by atoms with Crippen molar-refractivity contribution in [1.29, 1.82) is 0 Å². The molecule has 0 fully saturated rings. The maximum Gasteiger partial charge on any atom is 1.00 e. The molecule has 0 aliphatic rings. The predicted octanol–water partition coefficient (Wildman–Crippen LogP) is -1.67. The van der Waals surface area contributed by atoms with Gasteiger partial charge in [-0.15, -0.1) is 0 Å². The second-order valence-electron chi connectivity index (χ2n) is 3.13. The van der Waals surface area contributed by atoms with Gasteiger partial charge in [-0.05, 0) is 0 Å². The van der Waals surface area contributed by atoms with E-state index in [9.17, 15) is 52.0 Å². The maximum absolute atomic E-state index is 12.6. The van der Waals surface area contributed by atoms with Gasteiger partial charge in [-0.2, -0.15) is 52.0 Å². The van der Waals surface area contributed by atoms with E-state index in [1.807, 2.05) is 0 Å². The number of rotatable bonds is 5. The zero-order valence-corrected chi connectivity index (χ0v) is 14.1. The first-order valence-electron chi connectivity index (χ1n) is 3.70. The average Bonchev–Trinajstić information content (AvgIpc) is 2.12. The van der Waals surface area contributed by atoms with Crippen molar-refractivity contribution in [1.82, 2.24) is 0 Å². The van der Waals surface area contributed by atoms with Crippen molar-refractivity contribution in [3.63, 3.8) is 0 Å². The van der Waals surface area contributed by atoms with Crippen LogP contribution in [0.3, 0.4) is 0 Å². The Balaban J connectivity index is -0.00000180. The first-order valence-corrected chi connectivity index (χ1v) is 6.58. The van der Waals surface area contributed by atoms with Crippen LogP contribution in [0.4, 0.5) is 35.1 Å². The van der Waals surface area contributed by atoms with Crippen LogP contribution in [-0.2, 0) is 20.2 Å². The second-order valence-corrected chi connectivity index (χ2v) is 6.06. The molecule has 0 aliphatic carbocycles. The largest absolute Gasteiger partial charge is 1.00 e. The van der Waals surface area contributed by atoms with Crippen molar-refractivity contribution >= 4 is 20.2 Å². The van der Waals surface area contributed by atoms with E-state index in [0.29, 0.717) is 0 Å². The summed E-state index contributed by atoms with van der Waals surface area (Å²) in [7, 11) is -14.6.